The Hall–Kier alpha value is -4.39. The molecule has 2 atom stereocenters. The van der Waals surface area contributed by atoms with Crippen molar-refractivity contribution in [3.63, 3.8) is 0 Å². The molecule has 206 valence electrons. The molecule has 7 heteroatoms. The van der Waals surface area contributed by atoms with Crippen LogP contribution in [0.4, 0.5) is 17.1 Å². The summed E-state index contributed by atoms with van der Waals surface area (Å²) in [6.45, 7) is 6.14. The lowest BCUT2D eigenvalue weighted by Gasteiger charge is -2.35. The van der Waals surface area contributed by atoms with Crippen molar-refractivity contribution < 1.29 is 19.5 Å². The molecule has 0 aromatic heterocycles. The quantitative estimate of drug-likeness (QED) is 0.351. The number of aliphatic carboxylic acids is 1. The van der Waals surface area contributed by atoms with Crippen LogP contribution >= 0.6 is 0 Å². The first-order valence-corrected chi connectivity index (χ1v) is 14.0. The van der Waals surface area contributed by atoms with Gasteiger partial charge in [-0.3, -0.25) is 19.3 Å². The standard InChI is InChI=1S/C33H35N3O4/c1-3-35(4-2)25-16-14-22(15-17-25)24-20-27-32(29(37)21-24)33(23-10-6-5-7-11-23)36(30(38)18-19-31(39)40)28-13-9-8-12-26(28)34-27/h5-17,24,33-34H,3-4,18-21H2,1-2H3,(H,39,40)/t24-,33+/m0/s1. The molecular weight excluding hydrogens is 502 g/mol. The maximum atomic E-state index is 14.1. The molecule has 0 radical (unpaired) electrons. The van der Waals surface area contributed by atoms with Gasteiger partial charge in [0.15, 0.2) is 5.78 Å². The highest BCUT2D eigenvalue weighted by Crippen LogP contribution is 2.47. The van der Waals surface area contributed by atoms with Gasteiger partial charge in [0.25, 0.3) is 0 Å². The number of fused-ring (bicyclic) bond motifs is 1. The molecule has 0 unspecified atom stereocenters. The van der Waals surface area contributed by atoms with Crippen LogP contribution in [0.15, 0.2) is 90.1 Å². The van der Waals surface area contributed by atoms with Gasteiger partial charge in [0.1, 0.15) is 0 Å². The van der Waals surface area contributed by atoms with Gasteiger partial charge in [-0.15, -0.1) is 0 Å². The molecule has 5 rings (SSSR count). The Morgan fingerprint density at radius 1 is 0.875 bits per heavy atom. The predicted octanol–water partition coefficient (Wildman–Crippen LogP) is 6.30. The van der Waals surface area contributed by atoms with Crippen LogP contribution in [-0.2, 0) is 14.4 Å². The molecule has 3 aromatic rings. The average Bonchev–Trinajstić information content (AvgIpc) is 3.12. The average molecular weight is 538 g/mol. The van der Waals surface area contributed by atoms with Crippen molar-refractivity contribution in [2.24, 2.45) is 0 Å². The van der Waals surface area contributed by atoms with Gasteiger partial charge < -0.3 is 15.3 Å². The van der Waals surface area contributed by atoms with Crippen LogP contribution in [0, 0.1) is 0 Å². The molecule has 2 aliphatic rings. The summed E-state index contributed by atoms with van der Waals surface area (Å²) in [5, 5.41) is 12.8. The second-order valence-corrected chi connectivity index (χ2v) is 10.3. The number of carbonyl (C=O) groups excluding carboxylic acids is 2. The minimum absolute atomic E-state index is 0.00218. The fourth-order valence-corrected chi connectivity index (χ4v) is 5.93. The van der Waals surface area contributed by atoms with Gasteiger partial charge in [0, 0.05) is 42.9 Å². The number of amides is 1. The zero-order valence-electron chi connectivity index (χ0n) is 23.0. The summed E-state index contributed by atoms with van der Waals surface area (Å²) >= 11 is 0. The lowest BCUT2D eigenvalue weighted by molar-refractivity contribution is -0.138. The maximum Gasteiger partial charge on any atom is 0.303 e. The third-order valence-electron chi connectivity index (χ3n) is 7.92. The zero-order valence-corrected chi connectivity index (χ0v) is 23.0. The SMILES string of the molecule is CCN(CC)c1ccc([C@@H]2CC(=O)C3=C(C2)Nc2ccccc2N(C(=O)CCC(=O)O)[C@@H]3c2ccccc2)cc1. The van der Waals surface area contributed by atoms with Gasteiger partial charge in [-0.1, -0.05) is 54.6 Å². The van der Waals surface area contributed by atoms with Gasteiger partial charge in [-0.05, 0) is 61.6 Å². The molecule has 1 aliphatic heterocycles. The number of nitrogens with one attached hydrogen (secondary N) is 1. The summed E-state index contributed by atoms with van der Waals surface area (Å²) in [4.78, 5) is 43.0. The maximum absolute atomic E-state index is 14.1. The van der Waals surface area contributed by atoms with E-state index in [9.17, 15) is 19.5 Å². The monoisotopic (exact) mass is 537 g/mol. The minimum atomic E-state index is -1.03. The first kappa shape index (κ1) is 27.2. The highest BCUT2D eigenvalue weighted by atomic mass is 16.4. The Labute approximate surface area is 235 Å². The van der Waals surface area contributed by atoms with Crippen LogP contribution in [0.5, 0.6) is 0 Å². The minimum Gasteiger partial charge on any atom is -0.481 e. The third kappa shape index (κ3) is 5.37. The Kier molecular flexibility index (Phi) is 8.01. The number of para-hydroxylation sites is 2. The molecule has 1 heterocycles. The van der Waals surface area contributed by atoms with E-state index in [4.69, 9.17) is 0 Å². The van der Waals surface area contributed by atoms with E-state index in [1.807, 2.05) is 54.6 Å². The van der Waals surface area contributed by atoms with E-state index < -0.39 is 12.0 Å². The number of ketones is 1. The second kappa shape index (κ2) is 11.8. The molecule has 0 saturated heterocycles. The molecule has 0 spiro atoms. The van der Waals surface area contributed by atoms with Gasteiger partial charge in [0.2, 0.25) is 5.91 Å². The molecule has 0 bridgehead atoms. The lowest BCUT2D eigenvalue weighted by Crippen LogP contribution is -2.38. The molecule has 1 amide bonds. The second-order valence-electron chi connectivity index (χ2n) is 10.3. The summed E-state index contributed by atoms with van der Waals surface area (Å²) in [5.41, 5.74) is 5.83. The number of hydrogen-bond donors (Lipinski definition) is 2. The van der Waals surface area contributed by atoms with E-state index in [-0.39, 0.29) is 30.4 Å². The number of nitrogens with zero attached hydrogens (tertiary/aromatic N) is 2. The summed E-state index contributed by atoms with van der Waals surface area (Å²) in [5.74, 6) is -1.37. The van der Waals surface area contributed by atoms with Crippen molar-refractivity contribution in [1.29, 1.82) is 0 Å². The Bertz CT molecular complexity index is 1430. The van der Waals surface area contributed by atoms with E-state index in [1.54, 1.807) is 4.90 Å². The third-order valence-corrected chi connectivity index (χ3v) is 7.92. The topological polar surface area (TPSA) is 90.0 Å². The van der Waals surface area contributed by atoms with Crippen LogP contribution in [0.3, 0.4) is 0 Å². The number of Topliss-reactive ketones (excluding diaryl/α,β-unsaturated/α-hetero) is 1. The van der Waals surface area contributed by atoms with Gasteiger partial charge >= 0.3 is 5.97 Å². The highest BCUT2D eigenvalue weighted by molar-refractivity contribution is 6.06. The molecule has 7 nitrogen and oxygen atoms in total. The number of anilines is 3. The van der Waals surface area contributed by atoms with Crippen LogP contribution in [0.25, 0.3) is 0 Å². The molecule has 0 saturated carbocycles. The number of allylic oxidation sites excluding steroid dienone is 1. The number of carbonyl (C=O) groups is 3. The highest BCUT2D eigenvalue weighted by Gasteiger charge is 2.41. The van der Waals surface area contributed by atoms with E-state index >= 15 is 0 Å². The number of carboxylic acids is 1. The molecule has 3 aromatic carbocycles. The van der Waals surface area contributed by atoms with Gasteiger partial charge in [-0.25, -0.2) is 0 Å². The van der Waals surface area contributed by atoms with Crippen molar-refractivity contribution in [1.82, 2.24) is 0 Å². The van der Waals surface area contributed by atoms with Crippen LogP contribution in [-0.4, -0.2) is 35.9 Å². The van der Waals surface area contributed by atoms with Gasteiger partial charge in [-0.2, -0.15) is 0 Å². The van der Waals surface area contributed by atoms with E-state index in [2.05, 4.69) is 48.3 Å². The van der Waals surface area contributed by atoms with E-state index in [1.165, 1.54) is 0 Å². The molecule has 2 N–H and O–H groups in total. The summed E-state index contributed by atoms with van der Waals surface area (Å²) in [6.07, 6.45) is 0.519. The molecule has 0 fully saturated rings. The van der Waals surface area contributed by atoms with Crippen molar-refractivity contribution in [2.45, 2.75) is 51.5 Å². The van der Waals surface area contributed by atoms with Crippen LogP contribution in [0.2, 0.25) is 0 Å². The number of benzene rings is 3. The number of carboxylic acid groups (broad SMARTS) is 1. The Morgan fingerprint density at radius 2 is 1.55 bits per heavy atom. The van der Waals surface area contributed by atoms with Crippen LogP contribution < -0.4 is 15.1 Å². The van der Waals surface area contributed by atoms with E-state index in [0.717, 1.165) is 41.3 Å². The smallest absolute Gasteiger partial charge is 0.303 e. The first-order chi connectivity index (χ1) is 19.4. The Balaban J connectivity index is 1.59. The van der Waals surface area contributed by atoms with Crippen molar-refractivity contribution in [3.8, 4) is 0 Å². The van der Waals surface area contributed by atoms with Crippen molar-refractivity contribution >= 4 is 34.7 Å². The number of rotatable bonds is 8. The van der Waals surface area contributed by atoms with Gasteiger partial charge in [0.05, 0.1) is 23.8 Å². The largest absolute Gasteiger partial charge is 0.481 e. The number of hydrogen-bond acceptors (Lipinski definition) is 5. The Morgan fingerprint density at radius 3 is 2.23 bits per heavy atom. The van der Waals surface area contributed by atoms with Crippen molar-refractivity contribution in [3.05, 3.63) is 101 Å². The molecule has 40 heavy (non-hydrogen) atoms. The normalized spacial score (nSPS) is 18.4. The summed E-state index contributed by atoms with van der Waals surface area (Å²) in [6, 6.07) is 24.9. The molecular formula is C33H35N3O4. The lowest BCUT2D eigenvalue weighted by atomic mass is 9.78. The summed E-state index contributed by atoms with van der Waals surface area (Å²) < 4.78 is 0. The fraction of sp³-hybridized carbons (Fsp3) is 0.303. The molecule has 1 aliphatic carbocycles. The van der Waals surface area contributed by atoms with E-state index in [0.29, 0.717) is 24.1 Å². The van der Waals surface area contributed by atoms with Crippen molar-refractivity contribution in [2.75, 3.05) is 28.2 Å². The fourth-order valence-electron chi connectivity index (χ4n) is 5.93. The summed E-state index contributed by atoms with van der Waals surface area (Å²) in [7, 11) is 0. The predicted molar refractivity (Wildman–Crippen MR) is 158 cm³/mol. The van der Waals surface area contributed by atoms with Crippen LogP contribution in [0.1, 0.15) is 62.6 Å². The zero-order chi connectivity index (χ0) is 28.2. The first-order valence-electron chi connectivity index (χ1n) is 14.0.